The first-order valence-electron chi connectivity index (χ1n) is 8.52. The number of hydrogen-bond donors (Lipinski definition) is 1. The van der Waals surface area contributed by atoms with Crippen molar-refractivity contribution in [3.05, 3.63) is 36.4 Å². The van der Waals surface area contributed by atoms with Crippen LogP contribution in [0.5, 0.6) is 11.5 Å². The molecule has 0 saturated carbocycles. The van der Waals surface area contributed by atoms with Crippen LogP contribution in [0.25, 0.3) is 0 Å². The number of ether oxygens (including phenoxy) is 2. The average Bonchev–Trinajstić information content (AvgIpc) is 2.53. The molecule has 0 atom stereocenters. The Balaban J connectivity index is 2.39. The molecule has 3 heteroatoms. The number of hydrogen-bond acceptors (Lipinski definition) is 3. The number of unbranched alkanes of at least 4 members (excludes halogenated alkanes) is 4. The Labute approximate surface area is 135 Å². The molecule has 3 nitrogen and oxygen atoms in total. The van der Waals surface area contributed by atoms with E-state index in [-0.39, 0.29) is 0 Å². The first-order chi connectivity index (χ1) is 10.8. The zero-order valence-electron chi connectivity index (χ0n) is 14.2. The van der Waals surface area contributed by atoms with Crippen molar-refractivity contribution >= 4 is 0 Å². The summed E-state index contributed by atoms with van der Waals surface area (Å²) < 4.78 is 11.3. The molecular formula is C19H31NO2. The molecule has 0 radical (unpaired) electrons. The second-order valence-corrected chi connectivity index (χ2v) is 5.40. The predicted octanol–water partition coefficient (Wildman–Crippen LogP) is 4.71. The standard InChI is InChI=1S/C19H31NO2/c1-4-7-8-9-10-13-20-16-17-11-12-18(22-14-5-2)19(15-17)21-6-3/h5,11-12,15,20H,2,4,6-10,13-14,16H2,1,3H3. The van der Waals surface area contributed by atoms with E-state index in [0.717, 1.165) is 24.6 Å². The first-order valence-corrected chi connectivity index (χ1v) is 8.52. The van der Waals surface area contributed by atoms with Gasteiger partial charge >= 0.3 is 0 Å². The SMILES string of the molecule is C=CCOc1ccc(CNCCCCCCC)cc1OCC. The Morgan fingerprint density at radius 2 is 1.86 bits per heavy atom. The summed E-state index contributed by atoms with van der Waals surface area (Å²) >= 11 is 0. The van der Waals surface area contributed by atoms with Gasteiger partial charge in [-0.05, 0) is 37.6 Å². The van der Waals surface area contributed by atoms with E-state index in [1.807, 2.05) is 13.0 Å². The fraction of sp³-hybridized carbons (Fsp3) is 0.579. The maximum absolute atomic E-state index is 5.66. The molecule has 0 aliphatic rings. The fourth-order valence-corrected chi connectivity index (χ4v) is 2.28. The Hall–Kier alpha value is -1.48. The van der Waals surface area contributed by atoms with Crippen LogP contribution in [-0.4, -0.2) is 19.8 Å². The normalized spacial score (nSPS) is 10.5. The summed E-state index contributed by atoms with van der Waals surface area (Å²) in [7, 11) is 0. The number of benzene rings is 1. The Bertz CT molecular complexity index is 418. The van der Waals surface area contributed by atoms with Gasteiger partial charge in [-0.25, -0.2) is 0 Å². The van der Waals surface area contributed by atoms with E-state index in [2.05, 4.69) is 31.0 Å². The van der Waals surface area contributed by atoms with Crippen LogP contribution in [0.2, 0.25) is 0 Å². The van der Waals surface area contributed by atoms with Crippen molar-refractivity contribution in [2.24, 2.45) is 0 Å². The lowest BCUT2D eigenvalue weighted by Gasteiger charge is -2.13. The second-order valence-electron chi connectivity index (χ2n) is 5.40. The molecule has 0 saturated heterocycles. The molecule has 1 rings (SSSR count). The molecule has 0 fully saturated rings. The van der Waals surface area contributed by atoms with Gasteiger partial charge in [-0.2, -0.15) is 0 Å². The molecule has 1 aromatic carbocycles. The van der Waals surface area contributed by atoms with Crippen molar-refractivity contribution in [2.45, 2.75) is 52.5 Å². The minimum Gasteiger partial charge on any atom is -0.490 e. The molecule has 0 heterocycles. The summed E-state index contributed by atoms with van der Waals surface area (Å²) in [6.07, 6.45) is 8.31. The summed E-state index contributed by atoms with van der Waals surface area (Å²) in [5, 5.41) is 3.50. The maximum atomic E-state index is 5.66. The van der Waals surface area contributed by atoms with Crippen LogP contribution < -0.4 is 14.8 Å². The quantitative estimate of drug-likeness (QED) is 0.423. The number of rotatable bonds is 13. The average molecular weight is 305 g/mol. The third-order valence-corrected chi connectivity index (χ3v) is 3.45. The molecule has 0 aliphatic carbocycles. The van der Waals surface area contributed by atoms with E-state index in [1.54, 1.807) is 6.08 Å². The topological polar surface area (TPSA) is 30.5 Å². The summed E-state index contributed by atoms with van der Waals surface area (Å²) in [4.78, 5) is 0. The minimum atomic E-state index is 0.495. The molecule has 1 aromatic rings. The van der Waals surface area contributed by atoms with Gasteiger partial charge in [-0.15, -0.1) is 0 Å². The van der Waals surface area contributed by atoms with Crippen molar-refractivity contribution in [3.63, 3.8) is 0 Å². The highest BCUT2D eigenvalue weighted by Gasteiger charge is 2.06. The first kappa shape index (κ1) is 18.6. The zero-order valence-corrected chi connectivity index (χ0v) is 14.2. The molecule has 0 spiro atoms. The fourth-order valence-electron chi connectivity index (χ4n) is 2.28. The molecule has 0 amide bonds. The van der Waals surface area contributed by atoms with Crippen molar-refractivity contribution in [3.8, 4) is 11.5 Å². The maximum Gasteiger partial charge on any atom is 0.161 e. The molecular weight excluding hydrogens is 274 g/mol. The highest BCUT2D eigenvalue weighted by molar-refractivity contribution is 5.43. The van der Waals surface area contributed by atoms with Crippen LogP contribution in [-0.2, 0) is 6.54 Å². The lowest BCUT2D eigenvalue weighted by molar-refractivity contribution is 0.296. The Morgan fingerprint density at radius 1 is 1.05 bits per heavy atom. The van der Waals surface area contributed by atoms with Gasteiger partial charge in [-0.3, -0.25) is 0 Å². The monoisotopic (exact) mass is 305 g/mol. The number of nitrogens with one attached hydrogen (secondary N) is 1. The van der Waals surface area contributed by atoms with E-state index in [1.165, 1.54) is 37.7 Å². The second kappa shape index (κ2) is 12.1. The summed E-state index contributed by atoms with van der Waals surface area (Å²) in [5.74, 6) is 1.59. The van der Waals surface area contributed by atoms with Gasteiger partial charge in [0.15, 0.2) is 11.5 Å². The Morgan fingerprint density at radius 3 is 2.59 bits per heavy atom. The molecule has 0 aliphatic heterocycles. The van der Waals surface area contributed by atoms with Crippen molar-refractivity contribution in [1.29, 1.82) is 0 Å². The van der Waals surface area contributed by atoms with Gasteiger partial charge in [0.25, 0.3) is 0 Å². The third-order valence-electron chi connectivity index (χ3n) is 3.45. The summed E-state index contributed by atoms with van der Waals surface area (Å²) in [6, 6.07) is 6.13. The highest BCUT2D eigenvalue weighted by Crippen LogP contribution is 2.28. The molecule has 0 bridgehead atoms. The molecule has 0 unspecified atom stereocenters. The highest BCUT2D eigenvalue weighted by atomic mass is 16.5. The van der Waals surface area contributed by atoms with Crippen molar-refractivity contribution < 1.29 is 9.47 Å². The van der Waals surface area contributed by atoms with Crippen molar-refractivity contribution in [1.82, 2.24) is 5.32 Å². The predicted molar refractivity (Wildman–Crippen MR) is 93.8 cm³/mol. The van der Waals surface area contributed by atoms with Crippen LogP contribution in [0.3, 0.4) is 0 Å². The lowest BCUT2D eigenvalue weighted by Crippen LogP contribution is -2.14. The minimum absolute atomic E-state index is 0.495. The van der Waals surface area contributed by atoms with Gasteiger partial charge in [0.1, 0.15) is 6.61 Å². The van der Waals surface area contributed by atoms with Gasteiger partial charge in [-0.1, -0.05) is 51.3 Å². The van der Waals surface area contributed by atoms with Crippen LogP contribution >= 0.6 is 0 Å². The lowest BCUT2D eigenvalue weighted by atomic mass is 10.1. The van der Waals surface area contributed by atoms with Gasteiger partial charge in [0, 0.05) is 6.54 Å². The van der Waals surface area contributed by atoms with E-state index >= 15 is 0 Å². The zero-order chi connectivity index (χ0) is 16.0. The van der Waals surface area contributed by atoms with Gasteiger partial charge < -0.3 is 14.8 Å². The molecule has 1 N–H and O–H groups in total. The molecule has 0 aromatic heterocycles. The van der Waals surface area contributed by atoms with Crippen LogP contribution in [0, 0.1) is 0 Å². The molecule has 124 valence electrons. The van der Waals surface area contributed by atoms with E-state index in [9.17, 15) is 0 Å². The van der Waals surface area contributed by atoms with E-state index < -0.39 is 0 Å². The van der Waals surface area contributed by atoms with Gasteiger partial charge in [0.05, 0.1) is 6.61 Å². The summed E-state index contributed by atoms with van der Waals surface area (Å²) in [5.41, 5.74) is 1.22. The smallest absolute Gasteiger partial charge is 0.161 e. The van der Waals surface area contributed by atoms with Crippen LogP contribution in [0.4, 0.5) is 0 Å². The van der Waals surface area contributed by atoms with Crippen molar-refractivity contribution in [2.75, 3.05) is 19.8 Å². The van der Waals surface area contributed by atoms with Gasteiger partial charge in [0.2, 0.25) is 0 Å². The van der Waals surface area contributed by atoms with E-state index in [4.69, 9.17) is 9.47 Å². The summed E-state index contributed by atoms with van der Waals surface area (Å²) in [6.45, 7) is 11.0. The Kier molecular flexibility index (Phi) is 10.2. The largest absolute Gasteiger partial charge is 0.490 e. The third kappa shape index (κ3) is 7.51. The van der Waals surface area contributed by atoms with Crippen LogP contribution in [0.15, 0.2) is 30.9 Å². The van der Waals surface area contributed by atoms with E-state index in [0.29, 0.717) is 13.2 Å². The molecule has 22 heavy (non-hydrogen) atoms. The van der Waals surface area contributed by atoms with Crippen LogP contribution in [0.1, 0.15) is 51.5 Å².